The van der Waals surface area contributed by atoms with Gasteiger partial charge in [-0.2, -0.15) is 24.4 Å². The molecule has 0 radical (unpaired) electrons. The Balaban J connectivity index is 2.66. The van der Waals surface area contributed by atoms with E-state index in [0.717, 1.165) is 17.2 Å². The SMILES string of the molecule is CSCc1ccc(CS)nc1. The highest BCUT2D eigenvalue weighted by molar-refractivity contribution is 7.97. The number of nitrogens with zero attached hydrogens (tertiary/aromatic N) is 1. The molecular formula is C8H11NS2. The molecule has 1 aromatic rings. The summed E-state index contributed by atoms with van der Waals surface area (Å²) < 4.78 is 0. The summed E-state index contributed by atoms with van der Waals surface area (Å²) in [6.07, 6.45) is 4.01. The van der Waals surface area contributed by atoms with E-state index in [1.807, 2.05) is 24.0 Å². The van der Waals surface area contributed by atoms with E-state index in [1.165, 1.54) is 5.56 Å². The first kappa shape index (κ1) is 8.94. The lowest BCUT2D eigenvalue weighted by Crippen LogP contribution is -1.86. The molecule has 1 heterocycles. The monoisotopic (exact) mass is 185 g/mol. The van der Waals surface area contributed by atoms with Crippen LogP contribution >= 0.6 is 24.4 Å². The van der Waals surface area contributed by atoms with E-state index in [0.29, 0.717) is 0 Å². The number of rotatable bonds is 3. The summed E-state index contributed by atoms with van der Waals surface area (Å²) in [7, 11) is 0. The molecule has 0 amide bonds. The van der Waals surface area contributed by atoms with Crippen molar-refractivity contribution in [2.24, 2.45) is 0 Å². The van der Waals surface area contributed by atoms with Gasteiger partial charge in [-0.3, -0.25) is 4.98 Å². The fourth-order valence-corrected chi connectivity index (χ4v) is 1.49. The molecular weight excluding hydrogens is 174 g/mol. The summed E-state index contributed by atoms with van der Waals surface area (Å²) in [4.78, 5) is 4.23. The van der Waals surface area contributed by atoms with E-state index in [1.54, 1.807) is 0 Å². The van der Waals surface area contributed by atoms with E-state index in [9.17, 15) is 0 Å². The minimum atomic E-state index is 0.722. The summed E-state index contributed by atoms with van der Waals surface area (Å²) in [5.74, 6) is 1.76. The van der Waals surface area contributed by atoms with Gasteiger partial charge in [-0.05, 0) is 17.9 Å². The fraction of sp³-hybridized carbons (Fsp3) is 0.375. The first-order valence-corrected chi connectivity index (χ1v) is 5.43. The van der Waals surface area contributed by atoms with Crippen LogP contribution in [0.2, 0.25) is 0 Å². The maximum atomic E-state index is 4.23. The average Bonchev–Trinajstić information content (AvgIpc) is 2.07. The van der Waals surface area contributed by atoms with Crippen LogP contribution < -0.4 is 0 Å². The molecule has 0 unspecified atom stereocenters. The van der Waals surface area contributed by atoms with Crippen molar-refractivity contribution < 1.29 is 0 Å². The van der Waals surface area contributed by atoms with E-state index in [2.05, 4.69) is 29.9 Å². The first-order chi connectivity index (χ1) is 5.36. The van der Waals surface area contributed by atoms with E-state index in [4.69, 9.17) is 0 Å². The predicted molar refractivity (Wildman–Crippen MR) is 54.1 cm³/mol. The Morgan fingerprint density at radius 1 is 1.55 bits per heavy atom. The summed E-state index contributed by atoms with van der Waals surface area (Å²) in [6, 6.07) is 4.13. The fourth-order valence-electron chi connectivity index (χ4n) is 0.801. The maximum Gasteiger partial charge on any atom is 0.0500 e. The Kier molecular flexibility index (Phi) is 3.80. The molecule has 0 saturated heterocycles. The summed E-state index contributed by atoms with van der Waals surface area (Å²) in [5.41, 5.74) is 2.32. The van der Waals surface area contributed by atoms with Crippen molar-refractivity contribution in [3.8, 4) is 0 Å². The van der Waals surface area contributed by atoms with Gasteiger partial charge in [-0.25, -0.2) is 0 Å². The minimum Gasteiger partial charge on any atom is -0.260 e. The van der Waals surface area contributed by atoms with Crippen LogP contribution in [0.25, 0.3) is 0 Å². The molecule has 0 atom stereocenters. The number of pyridine rings is 1. The first-order valence-electron chi connectivity index (χ1n) is 3.40. The third-order valence-electron chi connectivity index (χ3n) is 1.36. The average molecular weight is 185 g/mol. The van der Waals surface area contributed by atoms with Crippen molar-refractivity contribution in [3.05, 3.63) is 29.6 Å². The van der Waals surface area contributed by atoms with Crippen LogP contribution in [-0.2, 0) is 11.5 Å². The second-order valence-corrected chi connectivity index (χ2v) is 3.43. The Labute approximate surface area is 77.0 Å². The smallest absolute Gasteiger partial charge is 0.0500 e. The minimum absolute atomic E-state index is 0.722. The number of aromatic nitrogens is 1. The predicted octanol–water partition coefficient (Wildman–Crippen LogP) is 2.37. The molecule has 0 aliphatic carbocycles. The van der Waals surface area contributed by atoms with Crippen molar-refractivity contribution in [2.75, 3.05) is 6.26 Å². The van der Waals surface area contributed by atoms with Crippen LogP contribution in [0.5, 0.6) is 0 Å². The van der Waals surface area contributed by atoms with E-state index >= 15 is 0 Å². The molecule has 0 aliphatic heterocycles. The van der Waals surface area contributed by atoms with Crippen LogP contribution in [0.4, 0.5) is 0 Å². The molecule has 11 heavy (non-hydrogen) atoms. The standard InChI is InChI=1S/C8H11NS2/c1-11-6-7-2-3-8(5-10)9-4-7/h2-4,10H,5-6H2,1H3. The van der Waals surface area contributed by atoms with Crippen LogP contribution in [0.15, 0.2) is 18.3 Å². The normalized spacial score (nSPS) is 10.0. The molecule has 0 saturated carbocycles. The van der Waals surface area contributed by atoms with Gasteiger partial charge >= 0.3 is 0 Å². The van der Waals surface area contributed by atoms with Gasteiger partial charge in [-0.1, -0.05) is 6.07 Å². The molecule has 3 heteroatoms. The third kappa shape index (κ3) is 2.75. The zero-order valence-corrected chi connectivity index (χ0v) is 8.16. The topological polar surface area (TPSA) is 12.9 Å². The largest absolute Gasteiger partial charge is 0.260 e. The molecule has 0 fully saturated rings. The zero-order valence-electron chi connectivity index (χ0n) is 6.45. The molecule has 0 aliphatic rings. The van der Waals surface area contributed by atoms with Crippen molar-refractivity contribution in [1.82, 2.24) is 4.98 Å². The zero-order chi connectivity index (χ0) is 8.10. The lowest BCUT2D eigenvalue weighted by Gasteiger charge is -1.98. The van der Waals surface area contributed by atoms with Crippen LogP contribution in [0.3, 0.4) is 0 Å². The lowest BCUT2D eigenvalue weighted by molar-refractivity contribution is 1.15. The molecule has 1 nitrogen and oxygen atoms in total. The van der Waals surface area contributed by atoms with Crippen molar-refractivity contribution >= 4 is 24.4 Å². The van der Waals surface area contributed by atoms with E-state index in [-0.39, 0.29) is 0 Å². The van der Waals surface area contributed by atoms with Gasteiger partial charge in [0.25, 0.3) is 0 Å². The highest BCUT2D eigenvalue weighted by Crippen LogP contribution is 2.08. The second-order valence-electron chi connectivity index (χ2n) is 2.25. The van der Waals surface area contributed by atoms with Gasteiger partial charge in [-0.15, -0.1) is 0 Å². The Bertz CT molecular complexity index is 208. The highest BCUT2D eigenvalue weighted by atomic mass is 32.2. The summed E-state index contributed by atoms with van der Waals surface area (Å²) >= 11 is 5.94. The highest BCUT2D eigenvalue weighted by Gasteiger charge is 1.92. The van der Waals surface area contributed by atoms with Crippen molar-refractivity contribution in [1.29, 1.82) is 0 Å². The number of thioether (sulfide) groups is 1. The molecule has 1 aromatic heterocycles. The Morgan fingerprint density at radius 3 is 2.82 bits per heavy atom. The van der Waals surface area contributed by atoms with Crippen LogP contribution in [0.1, 0.15) is 11.3 Å². The molecule has 0 bridgehead atoms. The number of thiol groups is 1. The van der Waals surface area contributed by atoms with E-state index < -0.39 is 0 Å². The van der Waals surface area contributed by atoms with Crippen LogP contribution in [-0.4, -0.2) is 11.2 Å². The quantitative estimate of drug-likeness (QED) is 0.726. The van der Waals surface area contributed by atoms with Gasteiger partial charge in [0.2, 0.25) is 0 Å². The Hall–Kier alpha value is -0.150. The Morgan fingerprint density at radius 2 is 2.36 bits per heavy atom. The van der Waals surface area contributed by atoms with Gasteiger partial charge in [0.15, 0.2) is 0 Å². The number of hydrogen-bond donors (Lipinski definition) is 1. The number of hydrogen-bond acceptors (Lipinski definition) is 3. The molecule has 1 rings (SSSR count). The second kappa shape index (κ2) is 4.67. The summed E-state index contributed by atoms with van der Waals surface area (Å²) in [6.45, 7) is 0. The summed E-state index contributed by atoms with van der Waals surface area (Å²) in [5, 5.41) is 0. The van der Waals surface area contributed by atoms with Crippen molar-refractivity contribution in [2.45, 2.75) is 11.5 Å². The molecule has 60 valence electrons. The van der Waals surface area contributed by atoms with Gasteiger partial charge < -0.3 is 0 Å². The lowest BCUT2D eigenvalue weighted by atomic mass is 10.3. The molecule has 0 spiro atoms. The van der Waals surface area contributed by atoms with Gasteiger partial charge in [0, 0.05) is 23.4 Å². The van der Waals surface area contributed by atoms with Gasteiger partial charge in [0.05, 0.1) is 0 Å². The molecule has 0 N–H and O–H groups in total. The van der Waals surface area contributed by atoms with Crippen molar-refractivity contribution in [3.63, 3.8) is 0 Å². The molecule has 0 aromatic carbocycles. The van der Waals surface area contributed by atoms with Crippen LogP contribution in [0, 0.1) is 0 Å². The third-order valence-corrected chi connectivity index (χ3v) is 2.30. The maximum absolute atomic E-state index is 4.23. The van der Waals surface area contributed by atoms with Gasteiger partial charge in [0.1, 0.15) is 0 Å².